The molecule has 0 unspecified atom stereocenters. The fourth-order valence-corrected chi connectivity index (χ4v) is 5.37. The quantitative estimate of drug-likeness (QED) is 0.572. The zero-order chi connectivity index (χ0) is 22.3. The highest BCUT2D eigenvalue weighted by Gasteiger charge is 2.28. The predicted octanol–water partition coefficient (Wildman–Crippen LogP) is 3.35. The summed E-state index contributed by atoms with van der Waals surface area (Å²) in [5.74, 6) is -0.289. The van der Waals surface area contributed by atoms with E-state index in [-0.39, 0.29) is 17.3 Å². The summed E-state index contributed by atoms with van der Waals surface area (Å²) in [7, 11) is -3.88. The van der Waals surface area contributed by atoms with Crippen LogP contribution in [0.4, 0.5) is 5.69 Å². The summed E-state index contributed by atoms with van der Waals surface area (Å²) in [5.41, 5.74) is 2.42. The van der Waals surface area contributed by atoms with Crippen molar-refractivity contribution in [3.8, 4) is 0 Å². The Balaban J connectivity index is 1.75. The summed E-state index contributed by atoms with van der Waals surface area (Å²) in [6, 6.07) is 14.1. The maximum atomic E-state index is 13.5. The smallest absolute Gasteiger partial charge is 0.264 e. The topological polar surface area (TPSA) is 69.7 Å². The van der Waals surface area contributed by atoms with Crippen LogP contribution < -0.4 is 9.62 Å². The van der Waals surface area contributed by atoms with Crippen LogP contribution in [0.1, 0.15) is 37.3 Å². The molecular weight excluding hydrogens is 410 g/mol. The van der Waals surface area contributed by atoms with E-state index in [0.717, 1.165) is 37.2 Å². The largest absolute Gasteiger partial charge is 0.354 e. The minimum absolute atomic E-state index is 0.186. The normalized spacial score (nSPS) is 14.5. The molecule has 1 aliphatic heterocycles. The van der Waals surface area contributed by atoms with Crippen LogP contribution in [0, 0.1) is 6.92 Å². The molecule has 0 bridgehead atoms. The second kappa shape index (κ2) is 10.8. The van der Waals surface area contributed by atoms with E-state index >= 15 is 0 Å². The first kappa shape index (κ1) is 23.3. The molecule has 1 amide bonds. The summed E-state index contributed by atoms with van der Waals surface area (Å²) in [6.45, 7) is 7.42. The summed E-state index contributed by atoms with van der Waals surface area (Å²) in [6.07, 6.45) is 4.03. The second-order valence-electron chi connectivity index (χ2n) is 8.06. The number of benzene rings is 2. The van der Waals surface area contributed by atoms with Gasteiger partial charge in [0.1, 0.15) is 6.54 Å². The van der Waals surface area contributed by atoms with Gasteiger partial charge < -0.3 is 10.2 Å². The fraction of sp³-hybridized carbons (Fsp3) is 0.458. The van der Waals surface area contributed by atoms with Gasteiger partial charge in [-0.25, -0.2) is 8.42 Å². The average Bonchev–Trinajstić information content (AvgIpc) is 3.29. The second-order valence-corrected chi connectivity index (χ2v) is 9.92. The molecule has 0 saturated carbocycles. The lowest BCUT2D eigenvalue weighted by Gasteiger charge is -2.26. The standard InChI is InChI=1S/C24H33N3O3S/c1-3-21-9-4-5-10-23(21)27(31(29,30)22-13-11-20(2)12-14-22)19-24(28)25-15-8-18-26-16-6-7-17-26/h4-5,9-14H,3,6-8,15-19H2,1-2H3,(H,25,28). The number of carbonyl (C=O) groups excluding carboxylic acids is 1. The van der Waals surface area contributed by atoms with Gasteiger partial charge in [-0.15, -0.1) is 0 Å². The van der Waals surface area contributed by atoms with Gasteiger partial charge in [-0.3, -0.25) is 9.10 Å². The number of amides is 1. The minimum Gasteiger partial charge on any atom is -0.354 e. The van der Waals surface area contributed by atoms with Crippen LogP contribution in [-0.4, -0.2) is 51.9 Å². The monoisotopic (exact) mass is 443 g/mol. The van der Waals surface area contributed by atoms with Crippen LogP contribution in [0.15, 0.2) is 53.4 Å². The molecule has 1 saturated heterocycles. The number of hydrogen-bond donors (Lipinski definition) is 1. The summed E-state index contributed by atoms with van der Waals surface area (Å²) < 4.78 is 28.2. The molecule has 31 heavy (non-hydrogen) atoms. The lowest BCUT2D eigenvalue weighted by atomic mass is 10.1. The Morgan fingerprint density at radius 3 is 2.42 bits per heavy atom. The molecule has 1 fully saturated rings. The SMILES string of the molecule is CCc1ccccc1N(CC(=O)NCCCN1CCCC1)S(=O)(=O)c1ccc(C)cc1. The molecule has 1 aliphatic rings. The van der Waals surface area contributed by atoms with E-state index in [0.29, 0.717) is 18.7 Å². The zero-order valence-corrected chi connectivity index (χ0v) is 19.3. The number of rotatable bonds is 10. The van der Waals surface area contributed by atoms with E-state index in [2.05, 4.69) is 10.2 Å². The van der Waals surface area contributed by atoms with E-state index in [1.54, 1.807) is 36.4 Å². The van der Waals surface area contributed by atoms with Crippen molar-refractivity contribution in [1.82, 2.24) is 10.2 Å². The summed E-state index contributed by atoms with van der Waals surface area (Å²) in [4.78, 5) is 15.3. The van der Waals surface area contributed by atoms with E-state index in [9.17, 15) is 13.2 Å². The third-order valence-corrected chi connectivity index (χ3v) is 7.48. The van der Waals surface area contributed by atoms with Gasteiger partial charge in [-0.2, -0.15) is 0 Å². The highest BCUT2D eigenvalue weighted by atomic mass is 32.2. The van der Waals surface area contributed by atoms with Crippen molar-refractivity contribution in [2.75, 3.05) is 37.0 Å². The van der Waals surface area contributed by atoms with Crippen LogP contribution in [0.5, 0.6) is 0 Å². The first-order valence-electron chi connectivity index (χ1n) is 11.1. The van der Waals surface area contributed by atoms with Crippen LogP contribution in [0.3, 0.4) is 0 Å². The molecule has 1 N–H and O–H groups in total. The predicted molar refractivity (Wildman–Crippen MR) is 125 cm³/mol. The maximum Gasteiger partial charge on any atom is 0.264 e. The number of para-hydroxylation sites is 1. The molecule has 0 aliphatic carbocycles. The van der Waals surface area contributed by atoms with Gasteiger partial charge in [0.15, 0.2) is 0 Å². The summed E-state index contributed by atoms with van der Waals surface area (Å²) in [5, 5.41) is 2.91. The minimum atomic E-state index is -3.88. The number of likely N-dealkylation sites (tertiary alicyclic amines) is 1. The molecule has 7 heteroatoms. The first-order valence-corrected chi connectivity index (χ1v) is 12.5. The van der Waals surface area contributed by atoms with Gasteiger partial charge in [0.2, 0.25) is 5.91 Å². The molecule has 2 aromatic rings. The molecule has 0 atom stereocenters. The Hall–Kier alpha value is -2.38. The number of aryl methyl sites for hydroxylation is 2. The fourth-order valence-electron chi connectivity index (χ4n) is 3.91. The Morgan fingerprint density at radius 1 is 1.06 bits per heavy atom. The van der Waals surface area contributed by atoms with Crippen molar-refractivity contribution < 1.29 is 13.2 Å². The van der Waals surface area contributed by atoms with E-state index in [4.69, 9.17) is 0 Å². The van der Waals surface area contributed by atoms with Crippen LogP contribution in [-0.2, 0) is 21.2 Å². The van der Waals surface area contributed by atoms with Crippen LogP contribution in [0.2, 0.25) is 0 Å². The van der Waals surface area contributed by atoms with Gasteiger partial charge in [-0.1, -0.05) is 42.8 Å². The number of nitrogens with zero attached hydrogens (tertiary/aromatic N) is 2. The number of sulfonamides is 1. The van der Waals surface area contributed by atoms with Crippen molar-refractivity contribution in [2.24, 2.45) is 0 Å². The molecule has 2 aromatic carbocycles. The molecule has 0 spiro atoms. The van der Waals surface area contributed by atoms with Crippen molar-refractivity contribution in [1.29, 1.82) is 0 Å². The van der Waals surface area contributed by atoms with Crippen molar-refractivity contribution in [3.63, 3.8) is 0 Å². The van der Waals surface area contributed by atoms with Gasteiger partial charge >= 0.3 is 0 Å². The van der Waals surface area contributed by atoms with Crippen molar-refractivity contribution in [2.45, 2.75) is 44.4 Å². The molecule has 0 radical (unpaired) electrons. The number of hydrogen-bond acceptors (Lipinski definition) is 4. The van der Waals surface area contributed by atoms with Gasteiger partial charge in [0.25, 0.3) is 10.0 Å². The molecule has 6 nitrogen and oxygen atoms in total. The van der Waals surface area contributed by atoms with Crippen LogP contribution in [0.25, 0.3) is 0 Å². The van der Waals surface area contributed by atoms with E-state index in [1.165, 1.54) is 17.1 Å². The Labute approximate surface area is 186 Å². The van der Waals surface area contributed by atoms with Crippen molar-refractivity contribution >= 4 is 21.6 Å². The molecule has 1 heterocycles. The highest BCUT2D eigenvalue weighted by molar-refractivity contribution is 7.92. The van der Waals surface area contributed by atoms with Crippen LogP contribution >= 0.6 is 0 Å². The molecule has 0 aromatic heterocycles. The average molecular weight is 444 g/mol. The number of anilines is 1. The number of carbonyl (C=O) groups is 1. The molecular formula is C24H33N3O3S. The van der Waals surface area contributed by atoms with Gasteiger partial charge in [0, 0.05) is 6.54 Å². The molecule has 168 valence electrons. The lowest BCUT2D eigenvalue weighted by Crippen LogP contribution is -2.42. The van der Waals surface area contributed by atoms with Crippen molar-refractivity contribution in [3.05, 3.63) is 59.7 Å². The van der Waals surface area contributed by atoms with Gasteiger partial charge in [0.05, 0.1) is 10.6 Å². The van der Waals surface area contributed by atoms with Gasteiger partial charge in [-0.05, 0) is 76.0 Å². The number of nitrogens with one attached hydrogen (secondary N) is 1. The zero-order valence-electron chi connectivity index (χ0n) is 18.5. The Morgan fingerprint density at radius 2 is 1.74 bits per heavy atom. The Kier molecular flexibility index (Phi) is 8.09. The third kappa shape index (κ3) is 6.08. The lowest BCUT2D eigenvalue weighted by molar-refractivity contribution is -0.119. The summed E-state index contributed by atoms with van der Waals surface area (Å²) >= 11 is 0. The highest BCUT2D eigenvalue weighted by Crippen LogP contribution is 2.27. The Bertz CT molecular complexity index is 968. The third-order valence-electron chi connectivity index (χ3n) is 5.71. The molecule has 3 rings (SSSR count). The van der Waals surface area contributed by atoms with E-state index < -0.39 is 10.0 Å². The first-order chi connectivity index (χ1) is 14.9. The van der Waals surface area contributed by atoms with E-state index in [1.807, 2.05) is 26.0 Å². The maximum absolute atomic E-state index is 13.5.